The van der Waals surface area contributed by atoms with E-state index in [9.17, 15) is 4.79 Å². The van der Waals surface area contributed by atoms with Crippen LogP contribution >= 0.6 is 15.9 Å². The van der Waals surface area contributed by atoms with Crippen LogP contribution in [0.15, 0.2) is 22.7 Å². The van der Waals surface area contributed by atoms with Gasteiger partial charge in [-0.15, -0.1) is 0 Å². The van der Waals surface area contributed by atoms with E-state index in [-0.39, 0.29) is 6.09 Å². The highest BCUT2D eigenvalue weighted by Gasteiger charge is 2.45. The number of rotatable bonds is 1. The van der Waals surface area contributed by atoms with Gasteiger partial charge in [0.1, 0.15) is 0 Å². The lowest BCUT2D eigenvalue weighted by atomic mass is 10.0. The van der Waals surface area contributed by atoms with Crippen molar-refractivity contribution in [3.8, 4) is 11.5 Å². The van der Waals surface area contributed by atoms with Crippen molar-refractivity contribution < 1.29 is 19.0 Å². The number of piperidine rings is 1. The zero-order chi connectivity index (χ0) is 14.2. The van der Waals surface area contributed by atoms with Gasteiger partial charge in [0.15, 0.2) is 11.5 Å². The Morgan fingerprint density at radius 1 is 1.35 bits per heavy atom. The minimum absolute atomic E-state index is 0.263. The molecule has 2 aliphatic rings. The van der Waals surface area contributed by atoms with Gasteiger partial charge in [0, 0.05) is 30.4 Å². The molecule has 0 aliphatic carbocycles. The number of carbonyl (C=O) groups is 1. The Kier molecular flexibility index (Phi) is 3.50. The number of ether oxygens (including phenoxy) is 3. The number of nitrogens with zero attached hydrogens (tertiary/aromatic N) is 1. The summed E-state index contributed by atoms with van der Waals surface area (Å²) >= 11 is 3.42. The van der Waals surface area contributed by atoms with E-state index < -0.39 is 5.79 Å². The normalized spacial score (nSPS) is 19.2. The van der Waals surface area contributed by atoms with Gasteiger partial charge in [-0.2, -0.15) is 0 Å². The van der Waals surface area contributed by atoms with Crippen molar-refractivity contribution >= 4 is 22.0 Å². The predicted octanol–water partition coefficient (Wildman–Crippen LogP) is 3.17. The molecule has 20 heavy (non-hydrogen) atoms. The average molecular weight is 342 g/mol. The van der Waals surface area contributed by atoms with E-state index in [0.717, 1.165) is 16.0 Å². The Morgan fingerprint density at radius 3 is 2.75 bits per heavy atom. The standard InChI is InChI=1S/C14H16BrNO4/c1-2-18-13(17)16-7-5-14(6-8-16)19-11-4-3-10(15)9-12(11)20-14/h3-4,9H,2,5-8H2,1H3. The second kappa shape index (κ2) is 5.16. The van der Waals surface area contributed by atoms with Crippen molar-refractivity contribution in [2.45, 2.75) is 25.6 Å². The van der Waals surface area contributed by atoms with Crippen LogP contribution in [0.5, 0.6) is 11.5 Å². The van der Waals surface area contributed by atoms with Crippen molar-refractivity contribution in [2.75, 3.05) is 19.7 Å². The molecule has 3 rings (SSSR count). The van der Waals surface area contributed by atoms with E-state index in [4.69, 9.17) is 14.2 Å². The number of hydrogen-bond acceptors (Lipinski definition) is 4. The van der Waals surface area contributed by atoms with Gasteiger partial charge in [-0.25, -0.2) is 4.79 Å². The van der Waals surface area contributed by atoms with Gasteiger partial charge >= 0.3 is 6.09 Å². The zero-order valence-electron chi connectivity index (χ0n) is 11.2. The molecule has 0 N–H and O–H groups in total. The molecule has 0 atom stereocenters. The Bertz CT molecular complexity index is 526. The van der Waals surface area contributed by atoms with Gasteiger partial charge in [-0.05, 0) is 25.1 Å². The molecule has 1 aromatic rings. The minimum atomic E-state index is -0.633. The van der Waals surface area contributed by atoms with Crippen molar-refractivity contribution in [3.05, 3.63) is 22.7 Å². The first-order valence-corrected chi connectivity index (χ1v) is 7.50. The Balaban J connectivity index is 1.66. The van der Waals surface area contributed by atoms with Crippen LogP contribution in [0.4, 0.5) is 4.79 Å². The molecule has 0 radical (unpaired) electrons. The van der Waals surface area contributed by atoms with Crippen molar-refractivity contribution in [2.24, 2.45) is 0 Å². The summed E-state index contributed by atoms with van der Waals surface area (Å²) in [5, 5.41) is 0. The topological polar surface area (TPSA) is 48.0 Å². The fourth-order valence-corrected chi connectivity index (χ4v) is 2.86. The molecule has 5 nitrogen and oxygen atoms in total. The molecule has 108 valence electrons. The van der Waals surface area contributed by atoms with Crippen molar-refractivity contribution in [1.82, 2.24) is 4.90 Å². The van der Waals surface area contributed by atoms with E-state index in [1.807, 2.05) is 18.2 Å². The van der Waals surface area contributed by atoms with Crippen molar-refractivity contribution in [1.29, 1.82) is 0 Å². The Morgan fingerprint density at radius 2 is 2.05 bits per heavy atom. The second-order valence-electron chi connectivity index (χ2n) is 4.89. The molecule has 0 aromatic heterocycles. The highest BCUT2D eigenvalue weighted by atomic mass is 79.9. The predicted molar refractivity (Wildman–Crippen MR) is 76.0 cm³/mol. The highest BCUT2D eigenvalue weighted by Crippen LogP contribution is 2.44. The number of likely N-dealkylation sites (tertiary alicyclic amines) is 1. The third kappa shape index (κ3) is 2.44. The largest absolute Gasteiger partial charge is 0.450 e. The second-order valence-corrected chi connectivity index (χ2v) is 5.81. The van der Waals surface area contributed by atoms with Gasteiger partial charge in [0.2, 0.25) is 0 Å². The molecule has 1 saturated heterocycles. The van der Waals surface area contributed by atoms with Crippen molar-refractivity contribution in [3.63, 3.8) is 0 Å². The van der Waals surface area contributed by atoms with E-state index in [1.54, 1.807) is 11.8 Å². The Labute approximate surface area is 125 Å². The number of hydrogen-bond donors (Lipinski definition) is 0. The van der Waals surface area contributed by atoms with Crippen LogP contribution in [0.3, 0.4) is 0 Å². The number of amides is 1. The zero-order valence-corrected chi connectivity index (χ0v) is 12.8. The van der Waals surface area contributed by atoms with Crippen LogP contribution in [-0.2, 0) is 4.74 Å². The quantitative estimate of drug-likeness (QED) is 0.787. The summed E-state index contributed by atoms with van der Waals surface area (Å²) in [6.45, 7) is 3.36. The summed E-state index contributed by atoms with van der Waals surface area (Å²) in [4.78, 5) is 13.4. The van der Waals surface area contributed by atoms with Crippen LogP contribution in [-0.4, -0.2) is 36.5 Å². The van der Waals surface area contributed by atoms with Gasteiger partial charge in [-0.1, -0.05) is 15.9 Å². The van der Waals surface area contributed by atoms with Gasteiger partial charge in [0.25, 0.3) is 5.79 Å². The third-order valence-electron chi connectivity index (χ3n) is 3.55. The first-order valence-electron chi connectivity index (χ1n) is 6.71. The number of fused-ring (bicyclic) bond motifs is 1. The maximum Gasteiger partial charge on any atom is 0.409 e. The lowest BCUT2D eigenvalue weighted by Crippen LogP contribution is -2.51. The summed E-state index contributed by atoms with van der Waals surface area (Å²) in [7, 11) is 0. The fraction of sp³-hybridized carbons (Fsp3) is 0.500. The molecule has 2 heterocycles. The van der Waals surface area contributed by atoms with Crippen LogP contribution in [0.25, 0.3) is 0 Å². The number of halogens is 1. The molecular weight excluding hydrogens is 326 g/mol. The number of carbonyl (C=O) groups excluding carboxylic acids is 1. The molecule has 1 spiro atoms. The Hall–Kier alpha value is -1.43. The molecule has 2 aliphatic heterocycles. The maximum atomic E-state index is 11.7. The van der Waals surface area contributed by atoms with E-state index in [0.29, 0.717) is 32.5 Å². The lowest BCUT2D eigenvalue weighted by molar-refractivity contribution is -0.115. The van der Waals surface area contributed by atoms with Crippen LogP contribution < -0.4 is 9.47 Å². The van der Waals surface area contributed by atoms with E-state index in [1.165, 1.54) is 0 Å². The molecule has 0 saturated carbocycles. The smallest absolute Gasteiger partial charge is 0.409 e. The molecular formula is C14H16BrNO4. The van der Waals surface area contributed by atoms with E-state index >= 15 is 0 Å². The van der Waals surface area contributed by atoms with Gasteiger partial charge in [0.05, 0.1) is 6.61 Å². The molecule has 1 aromatic carbocycles. The summed E-state index contributed by atoms with van der Waals surface area (Å²) in [6, 6.07) is 5.72. The first kappa shape index (κ1) is 13.5. The lowest BCUT2D eigenvalue weighted by Gasteiger charge is -2.36. The molecule has 1 fully saturated rings. The highest BCUT2D eigenvalue weighted by molar-refractivity contribution is 9.10. The molecule has 0 bridgehead atoms. The molecule has 6 heteroatoms. The summed E-state index contributed by atoms with van der Waals surface area (Å²) in [5.74, 6) is 0.883. The van der Waals surface area contributed by atoms with Crippen LogP contribution in [0.2, 0.25) is 0 Å². The van der Waals surface area contributed by atoms with Gasteiger partial charge in [-0.3, -0.25) is 0 Å². The summed E-state index contributed by atoms with van der Waals surface area (Å²) in [5.41, 5.74) is 0. The summed E-state index contributed by atoms with van der Waals surface area (Å²) in [6.07, 6.45) is 1.01. The monoisotopic (exact) mass is 341 g/mol. The third-order valence-corrected chi connectivity index (χ3v) is 4.04. The average Bonchev–Trinajstić information content (AvgIpc) is 2.76. The first-order chi connectivity index (χ1) is 9.62. The number of benzene rings is 1. The minimum Gasteiger partial charge on any atom is -0.450 e. The SMILES string of the molecule is CCOC(=O)N1CCC2(CC1)Oc1ccc(Br)cc1O2. The van der Waals surface area contributed by atoms with Crippen LogP contribution in [0, 0.1) is 0 Å². The fourth-order valence-electron chi connectivity index (χ4n) is 2.52. The maximum absolute atomic E-state index is 11.7. The molecule has 0 unspecified atom stereocenters. The molecule has 1 amide bonds. The summed E-state index contributed by atoms with van der Waals surface area (Å²) < 4.78 is 17.9. The van der Waals surface area contributed by atoms with Gasteiger partial charge < -0.3 is 19.1 Å². The van der Waals surface area contributed by atoms with E-state index in [2.05, 4.69) is 15.9 Å². The van der Waals surface area contributed by atoms with Crippen LogP contribution in [0.1, 0.15) is 19.8 Å².